The molecule has 4 rings (SSSR count). The minimum absolute atomic E-state index is 0.00773. The molecule has 0 radical (unpaired) electrons. The number of hydrogen-bond donors (Lipinski definition) is 1. The van der Waals surface area contributed by atoms with Crippen molar-refractivity contribution in [2.24, 2.45) is 0 Å². The summed E-state index contributed by atoms with van der Waals surface area (Å²) in [6.07, 6.45) is 3.53. The number of anilines is 2. The van der Waals surface area contributed by atoms with Gasteiger partial charge in [-0.15, -0.1) is 0 Å². The van der Waals surface area contributed by atoms with Gasteiger partial charge in [0.25, 0.3) is 0 Å². The van der Waals surface area contributed by atoms with Crippen LogP contribution in [-0.2, 0) is 14.8 Å². The molecule has 35 heavy (non-hydrogen) atoms. The first-order chi connectivity index (χ1) is 16.7. The van der Waals surface area contributed by atoms with E-state index in [1.807, 2.05) is 0 Å². The van der Waals surface area contributed by atoms with Gasteiger partial charge in [-0.25, -0.2) is 27.1 Å². The third-order valence-electron chi connectivity index (χ3n) is 5.59. The van der Waals surface area contributed by atoms with Crippen LogP contribution in [-0.4, -0.2) is 68.5 Å². The lowest BCUT2D eigenvalue weighted by Gasteiger charge is -2.31. The van der Waals surface area contributed by atoms with Gasteiger partial charge in [0, 0.05) is 37.3 Å². The van der Waals surface area contributed by atoms with Crippen LogP contribution in [0, 0.1) is 5.82 Å². The molecule has 1 aliphatic heterocycles. The van der Waals surface area contributed by atoms with E-state index in [0.29, 0.717) is 73.1 Å². The molecule has 1 fully saturated rings. The highest BCUT2D eigenvalue weighted by Crippen LogP contribution is 2.37. The minimum atomic E-state index is -3.23. The van der Waals surface area contributed by atoms with E-state index in [-0.39, 0.29) is 11.1 Å². The Kier molecular flexibility index (Phi) is 7.90. The number of piperidine rings is 1. The minimum Gasteiger partial charge on any atom is -0.487 e. The lowest BCUT2D eigenvalue weighted by molar-refractivity contribution is 0.120. The van der Waals surface area contributed by atoms with Gasteiger partial charge in [-0.2, -0.15) is 0 Å². The van der Waals surface area contributed by atoms with Crippen LogP contribution in [0.25, 0.3) is 10.9 Å². The van der Waals surface area contributed by atoms with Gasteiger partial charge in [0.1, 0.15) is 30.7 Å². The number of fused-ring (bicyclic) bond motifs is 1. The molecule has 1 aromatic heterocycles. The van der Waals surface area contributed by atoms with Crippen molar-refractivity contribution in [3.63, 3.8) is 0 Å². The molecule has 0 saturated carbocycles. The number of nitrogens with zero attached hydrogens (tertiary/aromatic N) is 3. The molecule has 2 aromatic carbocycles. The van der Waals surface area contributed by atoms with Crippen LogP contribution in [0.3, 0.4) is 0 Å². The molecule has 1 aliphatic rings. The van der Waals surface area contributed by atoms with Crippen molar-refractivity contribution in [2.45, 2.75) is 18.9 Å². The second-order valence-electron chi connectivity index (χ2n) is 8.11. The van der Waals surface area contributed by atoms with E-state index in [2.05, 4.69) is 15.3 Å². The van der Waals surface area contributed by atoms with Crippen LogP contribution in [0.15, 0.2) is 36.7 Å². The molecule has 188 valence electrons. The molecule has 9 nitrogen and oxygen atoms in total. The summed E-state index contributed by atoms with van der Waals surface area (Å²) in [5.74, 6) is 0.953. The Labute approximate surface area is 208 Å². The van der Waals surface area contributed by atoms with E-state index in [0.717, 1.165) is 0 Å². The summed E-state index contributed by atoms with van der Waals surface area (Å²) in [6, 6.07) is 7.85. The molecule has 12 heteroatoms. The van der Waals surface area contributed by atoms with Crippen molar-refractivity contribution < 1.29 is 27.0 Å². The first kappa shape index (κ1) is 25.4. The molecule has 0 unspecified atom stereocenters. The molecule has 0 amide bonds. The van der Waals surface area contributed by atoms with Crippen LogP contribution in [0.1, 0.15) is 12.8 Å². The third kappa shape index (κ3) is 6.29. The Morgan fingerprint density at radius 1 is 1.14 bits per heavy atom. The Hall–Kier alpha value is -2.73. The van der Waals surface area contributed by atoms with Crippen LogP contribution >= 0.6 is 11.6 Å². The zero-order valence-electron chi connectivity index (χ0n) is 19.3. The third-order valence-corrected chi connectivity index (χ3v) is 7.18. The van der Waals surface area contributed by atoms with E-state index in [9.17, 15) is 12.8 Å². The van der Waals surface area contributed by atoms with Crippen molar-refractivity contribution in [3.8, 4) is 11.5 Å². The smallest absolute Gasteiger partial charge is 0.211 e. The van der Waals surface area contributed by atoms with Crippen molar-refractivity contribution in [3.05, 3.63) is 47.5 Å². The van der Waals surface area contributed by atoms with Crippen LogP contribution in [0.5, 0.6) is 11.5 Å². The van der Waals surface area contributed by atoms with E-state index < -0.39 is 15.8 Å². The SMILES string of the molecule is COCCOc1cc2ncnc(Nc3ccc(F)c(Cl)c3)c2cc1OC1CCN(S(C)(=O)=O)CC1. The largest absolute Gasteiger partial charge is 0.487 e. The molecule has 0 atom stereocenters. The zero-order valence-corrected chi connectivity index (χ0v) is 20.9. The molecule has 0 aliphatic carbocycles. The Balaban J connectivity index is 1.63. The van der Waals surface area contributed by atoms with Crippen LogP contribution in [0.4, 0.5) is 15.9 Å². The van der Waals surface area contributed by atoms with Gasteiger partial charge in [-0.05, 0) is 37.1 Å². The Morgan fingerprint density at radius 3 is 2.60 bits per heavy atom. The van der Waals surface area contributed by atoms with Crippen LogP contribution < -0.4 is 14.8 Å². The molecule has 0 spiro atoms. The highest BCUT2D eigenvalue weighted by atomic mass is 35.5. The standard InChI is InChI=1S/C23H26ClFN4O5S/c1-32-9-10-33-21-13-20-17(12-22(21)34-16-5-7-29(8-6-16)35(2,30)31)23(27-14-26-20)28-15-3-4-19(25)18(24)11-15/h3-4,11-14,16H,5-10H2,1-2H3,(H,26,27,28). The molecular formula is C23H26ClFN4O5S. The van der Waals surface area contributed by atoms with Gasteiger partial charge in [0.05, 0.1) is 23.4 Å². The van der Waals surface area contributed by atoms with E-state index in [1.54, 1.807) is 25.3 Å². The first-order valence-electron chi connectivity index (χ1n) is 11.0. The maximum atomic E-state index is 13.6. The maximum absolute atomic E-state index is 13.6. The number of rotatable bonds is 9. The summed E-state index contributed by atoms with van der Waals surface area (Å²) < 4.78 is 55.9. The summed E-state index contributed by atoms with van der Waals surface area (Å²) in [4.78, 5) is 8.69. The number of halogens is 2. The molecule has 2 heterocycles. The number of sulfonamides is 1. The molecule has 1 saturated heterocycles. The quantitative estimate of drug-likeness (QED) is 0.419. The van der Waals surface area contributed by atoms with Gasteiger partial charge in [-0.1, -0.05) is 11.6 Å². The van der Waals surface area contributed by atoms with Crippen molar-refractivity contribution >= 4 is 44.0 Å². The number of nitrogens with one attached hydrogen (secondary N) is 1. The number of aromatic nitrogens is 2. The first-order valence-corrected chi connectivity index (χ1v) is 13.2. The normalized spacial score (nSPS) is 15.3. The monoisotopic (exact) mass is 524 g/mol. The fraction of sp³-hybridized carbons (Fsp3) is 0.391. The lowest BCUT2D eigenvalue weighted by atomic mass is 10.1. The van der Waals surface area contributed by atoms with Crippen molar-refractivity contribution in [1.82, 2.24) is 14.3 Å². The van der Waals surface area contributed by atoms with Gasteiger partial charge in [0.15, 0.2) is 11.5 Å². The summed E-state index contributed by atoms with van der Waals surface area (Å²) in [5, 5.41) is 3.80. The highest BCUT2D eigenvalue weighted by molar-refractivity contribution is 7.88. The Bertz CT molecular complexity index is 1300. The molecular weight excluding hydrogens is 499 g/mol. The number of benzene rings is 2. The topological polar surface area (TPSA) is 103 Å². The summed E-state index contributed by atoms with van der Waals surface area (Å²) >= 11 is 5.92. The number of ether oxygens (including phenoxy) is 3. The van der Waals surface area contributed by atoms with E-state index in [1.165, 1.54) is 29.0 Å². The average Bonchev–Trinajstić information content (AvgIpc) is 2.82. The zero-order chi connectivity index (χ0) is 25.0. The maximum Gasteiger partial charge on any atom is 0.211 e. The van der Waals surface area contributed by atoms with Crippen molar-refractivity contribution in [1.29, 1.82) is 0 Å². The van der Waals surface area contributed by atoms with Gasteiger partial charge >= 0.3 is 0 Å². The molecule has 1 N–H and O–H groups in total. The second-order valence-corrected chi connectivity index (χ2v) is 10.5. The Morgan fingerprint density at radius 2 is 1.91 bits per heavy atom. The second kappa shape index (κ2) is 10.9. The van der Waals surface area contributed by atoms with Crippen molar-refractivity contribution in [2.75, 3.05) is 45.0 Å². The lowest BCUT2D eigenvalue weighted by Crippen LogP contribution is -2.41. The number of methoxy groups -OCH3 is 1. The summed E-state index contributed by atoms with van der Waals surface area (Å²) in [6.45, 7) is 1.48. The fourth-order valence-corrected chi connectivity index (χ4v) is 4.83. The van der Waals surface area contributed by atoms with Gasteiger partial charge in [0.2, 0.25) is 10.0 Å². The molecule has 0 bridgehead atoms. The van der Waals surface area contributed by atoms with Gasteiger partial charge < -0.3 is 19.5 Å². The summed E-state index contributed by atoms with van der Waals surface area (Å²) in [5.41, 5.74) is 1.18. The van der Waals surface area contributed by atoms with E-state index >= 15 is 0 Å². The van der Waals surface area contributed by atoms with Crippen LogP contribution in [0.2, 0.25) is 5.02 Å². The predicted octanol–water partition coefficient (Wildman–Crippen LogP) is 3.99. The highest BCUT2D eigenvalue weighted by Gasteiger charge is 2.27. The fourth-order valence-electron chi connectivity index (χ4n) is 3.78. The van der Waals surface area contributed by atoms with E-state index in [4.69, 9.17) is 25.8 Å². The summed E-state index contributed by atoms with van der Waals surface area (Å²) in [7, 11) is -1.65. The number of hydrogen-bond acceptors (Lipinski definition) is 8. The molecule has 3 aromatic rings. The average molecular weight is 525 g/mol. The van der Waals surface area contributed by atoms with Gasteiger partial charge in [-0.3, -0.25) is 0 Å². The predicted molar refractivity (Wildman–Crippen MR) is 132 cm³/mol.